The van der Waals surface area contributed by atoms with Gasteiger partial charge in [0, 0.05) is 38.0 Å². The summed E-state index contributed by atoms with van der Waals surface area (Å²) in [6.07, 6.45) is 6.49. The van der Waals surface area contributed by atoms with Gasteiger partial charge in [0.05, 0.1) is 12.7 Å². The van der Waals surface area contributed by atoms with Gasteiger partial charge in [0.25, 0.3) is 5.91 Å². The predicted octanol–water partition coefficient (Wildman–Crippen LogP) is 2.74. The molecule has 3 heterocycles. The molecule has 0 saturated carbocycles. The van der Waals surface area contributed by atoms with E-state index in [1.165, 1.54) is 26.0 Å². The molecule has 1 N–H and O–H groups in total. The number of hydrogen-bond donors (Lipinski definition) is 1. The van der Waals surface area contributed by atoms with Gasteiger partial charge in [-0.05, 0) is 37.8 Å². The lowest BCUT2D eigenvalue weighted by Gasteiger charge is -2.32. The number of aromatic hydroxyl groups is 1. The number of benzene rings is 1. The first-order valence-electron chi connectivity index (χ1n) is 9.75. The summed E-state index contributed by atoms with van der Waals surface area (Å²) < 4.78 is 7.38. The molecule has 2 aliphatic rings. The van der Waals surface area contributed by atoms with Crippen LogP contribution in [0.15, 0.2) is 18.2 Å². The zero-order valence-corrected chi connectivity index (χ0v) is 15.7. The molecule has 7 nitrogen and oxygen atoms in total. The molecule has 1 fully saturated rings. The summed E-state index contributed by atoms with van der Waals surface area (Å²) in [7, 11) is 1.53. The second kappa shape index (κ2) is 7.58. The molecule has 144 valence electrons. The molecule has 1 amide bonds. The number of phenolic OH excluding ortho intramolecular Hbond substituents is 1. The second-order valence-electron chi connectivity index (χ2n) is 7.41. The van der Waals surface area contributed by atoms with Gasteiger partial charge < -0.3 is 19.3 Å². The van der Waals surface area contributed by atoms with Crippen molar-refractivity contribution in [2.75, 3.05) is 20.2 Å². The third-order valence-electron chi connectivity index (χ3n) is 5.65. The number of fused-ring (bicyclic) bond motifs is 1. The second-order valence-corrected chi connectivity index (χ2v) is 7.41. The van der Waals surface area contributed by atoms with Crippen LogP contribution < -0.4 is 4.74 Å². The van der Waals surface area contributed by atoms with E-state index >= 15 is 0 Å². The maximum atomic E-state index is 13.0. The molecule has 7 heteroatoms. The average Bonchev–Trinajstić information content (AvgIpc) is 2.95. The van der Waals surface area contributed by atoms with E-state index in [1.807, 2.05) is 4.90 Å². The highest BCUT2D eigenvalue weighted by atomic mass is 16.5. The monoisotopic (exact) mass is 370 g/mol. The summed E-state index contributed by atoms with van der Waals surface area (Å²) in [4.78, 5) is 14.8. The van der Waals surface area contributed by atoms with E-state index in [9.17, 15) is 9.90 Å². The smallest absolute Gasteiger partial charge is 0.257 e. The van der Waals surface area contributed by atoms with E-state index in [2.05, 4.69) is 14.8 Å². The minimum absolute atomic E-state index is 0.0437. The van der Waals surface area contributed by atoms with Gasteiger partial charge in [-0.3, -0.25) is 4.79 Å². The van der Waals surface area contributed by atoms with Crippen LogP contribution in [0.1, 0.15) is 60.0 Å². The Morgan fingerprint density at radius 3 is 2.89 bits per heavy atom. The summed E-state index contributed by atoms with van der Waals surface area (Å²) in [6.45, 7) is 2.28. The fraction of sp³-hybridized carbons (Fsp3) is 0.550. The molecule has 0 spiro atoms. The molecule has 1 saturated heterocycles. The van der Waals surface area contributed by atoms with Crippen molar-refractivity contribution in [1.82, 2.24) is 19.7 Å². The normalized spacial score (nSPS) is 20.0. The Morgan fingerprint density at radius 1 is 1.19 bits per heavy atom. The number of hydrogen-bond acceptors (Lipinski definition) is 5. The Bertz CT molecular complexity index is 833. The van der Waals surface area contributed by atoms with Gasteiger partial charge in [-0.15, -0.1) is 10.2 Å². The average molecular weight is 370 g/mol. The van der Waals surface area contributed by atoms with Gasteiger partial charge >= 0.3 is 0 Å². The number of rotatable bonds is 3. The van der Waals surface area contributed by atoms with Gasteiger partial charge in [0.2, 0.25) is 0 Å². The van der Waals surface area contributed by atoms with Crippen LogP contribution in [0.5, 0.6) is 11.5 Å². The number of carbonyl (C=O) groups is 1. The van der Waals surface area contributed by atoms with E-state index in [1.54, 1.807) is 12.1 Å². The molecule has 0 radical (unpaired) electrons. The summed E-state index contributed by atoms with van der Waals surface area (Å²) in [5, 5.41) is 19.1. The zero-order valence-electron chi connectivity index (χ0n) is 15.7. The number of likely N-dealkylation sites (tertiary alicyclic amines) is 1. The molecular formula is C20H26N4O3. The highest BCUT2D eigenvalue weighted by molar-refractivity contribution is 5.97. The number of phenols is 1. The number of aryl methyl sites for hydroxylation is 1. The molecule has 1 aromatic carbocycles. The van der Waals surface area contributed by atoms with Crippen molar-refractivity contribution in [2.24, 2.45) is 0 Å². The number of amides is 1. The van der Waals surface area contributed by atoms with Gasteiger partial charge in [-0.1, -0.05) is 6.42 Å². The van der Waals surface area contributed by atoms with Crippen LogP contribution in [0.3, 0.4) is 0 Å². The largest absolute Gasteiger partial charge is 0.507 e. The fourth-order valence-electron chi connectivity index (χ4n) is 4.17. The standard InChI is InChI=1S/C20H26N4O3/c1-27-15-8-9-16(17(25)12-15)20(26)23-10-5-6-14(13-23)19-22-21-18-7-3-2-4-11-24(18)19/h8-9,12,14,25H,2-7,10-11,13H2,1H3. The molecule has 27 heavy (non-hydrogen) atoms. The summed E-state index contributed by atoms with van der Waals surface area (Å²) in [5.41, 5.74) is 0.316. The van der Waals surface area contributed by atoms with E-state index < -0.39 is 0 Å². The first kappa shape index (κ1) is 17.8. The van der Waals surface area contributed by atoms with Crippen LogP contribution in [0.25, 0.3) is 0 Å². The predicted molar refractivity (Wildman–Crippen MR) is 100 cm³/mol. The molecule has 2 aliphatic heterocycles. The van der Waals surface area contributed by atoms with Crippen molar-refractivity contribution < 1.29 is 14.6 Å². The number of carbonyl (C=O) groups excluding carboxylic acids is 1. The third-order valence-corrected chi connectivity index (χ3v) is 5.65. The Kier molecular flexibility index (Phi) is 5.01. The van der Waals surface area contributed by atoms with E-state index in [-0.39, 0.29) is 17.6 Å². The third kappa shape index (κ3) is 3.50. The van der Waals surface area contributed by atoms with E-state index in [4.69, 9.17) is 4.74 Å². The van der Waals surface area contributed by atoms with E-state index in [0.29, 0.717) is 24.4 Å². The fourth-order valence-corrected chi connectivity index (χ4v) is 4.17. The van der Waals surface area contributed by atoms with Gasteiger partial charge in [-0.2, -0.15) is 0 Å². The molecule has 1 unspecified atom stereocenters. The molecule has 4 rings (SSSR count). The van der Waals surface area contributed by atoms with E-state index in [0.717, 1.165) is 43.9 Å². The van der Waals surface area contributed by atoms with Crippen LogP contribution in [-0.4, -0.2) is 50.9 Å². The first-order valence-corrected chi connectivity index (χ1v) is 9.75. The molecule has 0 aliphatic carbocycles. The number of ether oxygens (including phenoxy) is 1. The minimum atomic E-state index is -0.143. The first-order chi connectivity index (χ1) is 13.2. The minimum Gasteiger partial charge on any atom is -0.507 e. The Labute approximate surface area is 159 Å². The van der Waals surface area contributed by atoms with Crippen LogP contribution >= 0.6 is 0 Å². The van der Waals surface area contributed by atoms with Crippen molar-refractivity contribution in [3.8, 4) is 11.5 Å². The van der Waals surface area contributed by atoms with Crippen molar-refractivity contribution >= 4 is 5.91 Å². The Hall–Kier alpha value is -2.57. The van der Waals surface area contributed by atoms with Gasteiger partial charge in [0.1, 0.15) is 23.1 Å². The van der Waals surface area contributed by atoms with Crippen molar-refractivity contribution in [3.05, 3.63) is 35.4 Å². The SMILES string of the molecule is COc1ccc(C(=O)N2CCCC(c3nnc4n3CCCCC4)C2)c(O)c1. The Morgan fingerprint density at radius 2 is 2.07 bits per heavy atom. The summed E-state index contributed by atoms with van der Waals surface area (Å²) in [5.74, 6) is 2.64. The lowest BCUT2D eigenvalue weighted by molar-refractivity contribution is 0.0700. The zero-order chi connectivity index (χ0) is 18.8. The Balaban J connectivity index is 1.53. The highest BCUT2D eigenvalue weighted by Gasteiger charge is 2.30. The van der Waals surface area contributed by atoms with Crippen molar-refractivity contribution in [3.63, 3.8) is 0 Å². The summed E-state index contributed by atoms with van der Waals surface area (Å²) in [6, 6.07) is 4.81. The van der Waals surface area contributed by atoms with Crippen LogP contribution in [0, 0.1) is 0 Å². The maximum absolute atomic E-state index is 13.0. The summed E-state index contributed by atoms with van der Waals surface area (Å²) >= 11 is 0. The molecule has 0 bridgehead atoms. The molecule has 1 atom stereocenters. The van der Waals surface area contributed by atoms with Gasteiger partial charge in [-0.25, -0.2) is 0 Å². The number of piperidine rings is 1. The van der Waals surface area contributed by atoms with Crippen molar-refractivity contribution in [2.45, 2.75) is 51.0 Å². The number of aromatic nitrogens is 3. The van der Waals surface area contributed by atoms with Crippen LogP contribution in [0.4, 0.5) is 0 Å². The molecule has 2 aromatic rings. The lowest BCUT2D eigenvalue weighted by Crippen LogP contribution is -2.39. The number of methoxy groups -OCH3 is 1. The van der Waals surface area contributed by atoms with Crippen LogP contribution in [0.2, 0.25) is 0 Å². The molecule has 1 aromatic heterocycles. The van der Waals surface area contributed by atoms with Crippen molar-refractivity contribution in [1.29, 1.82) is 0 Å². The molecular weight excluding hydrogens is 344 g/mol. The number of nitrogens with zero attached hydrogens (tertiary/aromatic N) is 4. The topological polar surface area (TPSA) is 80.5 Å². The van der Waals surface area contributed by atoms with Crippen LogP contribution in [-0.2, 0) is 13.0 Å². The lowest BCUT2D eigenvalue weighted by atomic mass is 9.96. The highest BCUT2D eigenvalue weighted by Crippen LogP contribution is 2.30. The quantitative estimate of drug-likeness (QED) is 0.899. The maximum Gasteiger partial charge on any atom is 0.257 e. The van der Waals surface area contributed by atoms with Gasteiger partial charge in [0.15, 0.2) is 0 Å².